The Morgan fingerprint density at radius 2 is 2.04 bits per heavy atom. The molecule has 2 aromatic rings. The molecule has 1 unspecified atom stereocenters. The summed E-state index contributed by atoms with van der Waals surface area (Å²) in [5, 5.41) is 3.01. The van der Waals surface area contributed by atoms with Crippen molar-refractivity contribution < 1.29 is 18.3 Å². The zero-order chi connectivity index (χ0) is 18.8. The first-order valence-corrected chi connectivity index (χ1v) is 9.34. The molecule has 1 fully saturated rings. The molecule has 0 spiro atoms. The predicted octanol–water partition coefficient (Wildman–Crippen LogP) is 2.87. The Morgan fingerprint density at radius 3 is 2.78 bits per heavy atom. The highest BCUT2D eigenvalue weighted by atomic mass is 19.1. The number of urea groups is 1. The highest BCUT2D eigenvalue weighted by Crippen LogP contribution is 2.29. The molecule has 6 nitrogen and oxygen atoms in total. The minimum atomic E-state index is -0.328. The highest BCUT2D eigenvalue weighted by molar-refractivity contribution is 5.94. The van der Waals surface area contributed by atoms with Gasteiger partial charge in [0.1, 0.15) is 17.3 Å². The molecule has 1 aromatic heterocycles. The molecule has 0 saturated carbocycles. The normalized spacial score (nSPS) is 18.4. The first-order chi connectivity index (χ1) is 13.1. The molecule has 144 valence electrons. The Balaban J connectivity index is 1.46. The van der Waals surface area contributed by atoms with Gasteiger partial charge >= 0.3 is 6.03 Å². The van der Waals surface area contributed by atoms with E-state index < -0.39 is 0 Å². The van der Waals surface area contributed by atoms with E-state index in [2.05, 4.69) is 10.2 Å². The molecule has 7 heteroatoms. The molecule has 27 heavy (non-hydrogen) atoms. The maximum Gasteiger partial charge on any atom is 0.321 e. The van der Waals surface area contributed by atoms with Crippen LogP contribution in [0, 0.1) is 12.7 Å². The number of hydrogen-bond donors (Lipinski definition) is 1. The number of nitrogens with one attached hydrogen (secondary N) is 1. The average molecular weight is 373 g/mol. The van der Waals surface area contributed by atoms with E-state index in [9.17, 15) is 9.18 Å². The Morgan fingerprint density at radius 1 is 1.22 bits per heavy atom. The lowest BCUT2D eigenvalue weighted by Gasteiger charge is -2.33. The van der Waals surface area contributed by atoms with Crippen molar-refractivity contribution in [1.29, 1.82) is 0 Å². The first-order valence-electron chi connectivity index (χ1n) is 9.34. The fourth-order valence-electron chi connectivity index (χ4n) is 3.77. The minimum Gasteiger partial charge on any atom is -0.465 e. The molecule has 0 radical (unpaired) electrons. The van der Waals surface area contributed by atoms with Crippen molar-refractivity contribution in [3.8, 4) is 0 Å². The van der Waals surface area contributed by atoms with E-state index in [0.29, 0.717) is 32.0 Å². The predicted molar refractivity (Wildman–Crippen MR) is 99.4 cm³/mol. The second kappa shape index (κ2) is 7.70. The summed E-state index contributed by atoms with van der Waals surface area (Å²) in [6.45, 7) is 5.82. The van der Waals surface area contributed by atoms with Crippen LogP contribution in [0.25, 0.3) is 0 Å². The standard InChI is InChI=1S/C20H24FN3O3/c1-14-2-5-19(27-14)18(23-8-10-26-11-9-23)13-22-20(25)24-7-6-15-3-4-16(21)12-17(15)24/h2-5,12,18H,6-11,13H2,1H3,(H,22,25). The van der Waals surface area contributed by atoms with Gasteiger partial charge in [0.15, 0.2) is 0 Å². The van der Waals surface area contributed by atoms with Crippen LogP contribution in [0.5, 0.6) is 0 Å². The number of carbonyl (C=O) groups is 1. The van der Waals surface area contributed by atoms with E-state index in [1.165, 1.54) is 12.1 Å². The number of halogens is 1. The van der Waals surface area contributed by atoms with Crippen LogP contribution in [0.2, 0.25) is 0 Å². The summed E-state index contributed by atoms with van der Waals surface area (Å²) in [7, 11) is 0. The maximum atomic E-state index is 13.6. The molecule has 2 aliphatic rings. The summed E-state index contributed by atoms with van der Waals surface area (Å²) in [5.41, 5.74) is 1.65. The number of amides is 2. The topological polar surface area (TPSA) is 58.0 Å². The minimum absolute atomic E-state index is 0.0545. The number of morpholine rings is 1. The summed E-state index contributed by atoms with van der Waals surface area (Å²) in [4.78, 5) is 16.6. The van der Waals surface area contributed by atoms with Crippen LogP contribution in [0.15, 0.2) is 34.7 Å². The van der Waals surface area contributed by atoms with Gasteiger partial charge in [0.05, 0.1) is 24.9 Å². The number of nitrogens with zero attached hydrogens (tertiary/aromatic N) is 2. The van der Waals surface area contributed by atoms with Crippen molar-refractivity contribution in [3.05, 3.63) is 53.2 Å². The SMILES string of the molecule is Cc1ccc(C(CNC(=O)N2CCc3ccc(F)cc32)N2CCOCC2)o1. The van der Waals surface area contributed by atoms with Crippen LogP contribution in [0.4, 0.5) is 14.9 Å². The molecular weight excluding hydrogens is 349 g/mol. The van der Waals surface area contributed by atoms with Crippen LogP contribution in [0.1, 0.15) is 23.1 Å². The van der Waals surface area contributed by atoms with Gasteiger partial charge in [0.25, 0.3) is 0 Å². The van der Waals surface area contributed by atoms with Crippen LogP contribution < -0.4 is 10.2 Å². The van der Waals surface area contributed by atoms with Gasteiger partial charge in [-0.05, 0) is 43.2 Å². The Kier molecular flexibility index (Phi) is 5.13. The number of aryl methyl sites for hydroxylation is 1. The second-order valence-corrected chi connectivity index (χ2v) is 6.97. The zero-order valence-electron chi connectivity index (χ0n) is 15.4. The third-order valence-electron chi connectivity index (χ3n) is 5.21. The fourth-order valence-corrected chi connectivity index (χ4v) is 3.77. The number of benzene rings is 1. The number of fused-ring (bicyclic) bond motifs is 1. The Labute approximate surface area is 157 Å². The van der Waals surface area contributed by atoms with Crippen LogP contribution >= 0.6 is 0 Å². The van der Waals surface area contributed by atoms with Crippen LogP contribution in [0.3, 0.4) is 0 Å². The summed E-state index contributed by atoms with van der Waals surface area (Å²) in [6.07, 6.45) is 0.743. The van der Waals surface area contributed by atoms with Gasteiger partial charge in [0, 0.05) is 26.2 Å². The summed E-state index contributed by atoms with van der Waals surface area (Å²) < 4.78 is 24.9. The van der Waals surface area contributed by atoms with Crippen molar-refractivity contribution in [1.82, 2.24) is 10.2 Å². The lowest BCUT2D eigenvalue weighted by molar-refractivity contribution is 0.0122. The zero-order valence-corrected chi connectivity index (χ0v) is 15.4. The van der Waals surface area contributed by atoms with Gasteiger partial charge in [0.2, 0.25) is 0 Å². The lowest BCUT2D eigenvalue weighted by Crippen LogP contribution is -2.46. The number of furan rings is 1. The van der Waals surface area contributed by atoms with Crippen molar-refractivity contribution in [3.63, 3.8) is 0 Å². The van der Waals surface area contributed by atoms with Gasteiger partial charge in [-0.2, -0.15) is 0 Å². The smallest absolute Gasteiger partial charge is 0.321 e. The van der Waals surface area contributed by atoms with Crippen LogP contribution in [-0.4, -0.2) is 50.3 Å². The molecule has 1 N–H and O–H groups in total. The van der Waals surface area contributed by atoms with Crippen molar-refractivity contribution in [2.24, 2.45) is 0 Å². The molecule has 1 aromatic carbocycles. The Bertz CT molecular complexity index is 817. The number of anilines is 1. The van der Waals surface area contributed by atoms with Gasteiger partial charge < -0.3 is 14.5 Å². The van der Waals surface area contributed by atoms with Gasteiger partial charge in [-0.25, -0.2) is 9.18 Å². The van der Waals surface area contributed by atoms with Crippen LogP contribution in [-0.2, 0) is 11.2 Å². The first kappa shape index (κ1) is 18.0. The van der Waals surface area contributed by atoms with Gasteiger partial charge in [-0.1, -0.05) is 6.07 Å². The van der Waals surface area contributed by atoms with E-state index in [4.69, 9.17) is 9.15 Å². The quantitative estimate of drug-likeness (QED) is 0.895. The molecular formula is C20H24FN3O3. The largest absolute Gasteiger partial charge is 0.465 e. The molecule has 1 saturated heterocycles. The third-order valence-corrected chi connectivity index (χ3v) is 5.21. The van der Waals surface area contributed by atoms with Gasteiger partial charge in [-0.15, -0.1) is 0 Å². The van der Waals surface area contributed by atoms with E-state index in [-0.39, 0.29) is 17.9 Å². The lowest BCUT2D eigenvalue weighted by atomic mass is 10.1. The number of hydrogen-bond acceptors (Lipinski definition) is 4. The molecule has 3 heterocycles. The summed E-state index contributed by atoms with van der Waals surface area (Å²) in [6, 6.07) is 8.25. The molecule has 0 bridgehead atoms. The van der Waals surface area contributed by atoms with Crippen molar-refractivity contribution >= 4 is 11.7 Å². The van der Waals surface area contributed by atoms with Gasteiger partial charge in [-0.3, -0.25) is 9.80 Å². The van der Waals surface area contributed by atoms with Crippen molar-refractivity contribution in [2.75, 3.05) is 44.3 Å². The van der Waals surface area contributed by atoms with E-state index >= 15 is 0 Å². The van der Waals surface area contributed by atoms with E-state index in [0.717, 1.165) is 36.6 Å². The molecule has 0 aliphatic carbocycles. The Hall–Kier alpha value is -2.38. The van der Waals surface area contributed by atoms with Crippen molar-refractivity contribution in [2.45, 2.75) is 19.4 Å². The third kappa shape index (κ3) is 3.84. The number of ether oxygens (including phenoxy) is 1. The molecule has 4 rings (SSSR count). The monoisotopic (exact) mass is 373 g/mol. The highest BCUT2D eigenvalue weighted by Gasteiger charge is 2.29. The number of carbonyl (C=O) groups excluding carboxylic acids is 1. The van der Waals surface area contributed by atoms with E-state index in [1.807, 2.05) is 19.1 Å². The molecule has 1 atom stereocenters. The number of rotatable bonds is 4. The summed E-state index contributed by atoms with van der Waals surface area (Å²) in [5.74, 6) is 1.35. The second-order valence-electron chi connectivity index (χ2n) is 6.97. The molecule has 2 aliphatic heterocycles. The maximum absolute atomic E-state index is 13.6. The molecule has 2 amide bonds. The fraction of sp³-hybridized carbons (Fsp3) is 0.450. The average Bonchev–Trinajstić information content (AvgIpc) is 3.28. The summed E-state index contributed by atoms with van der Waals surface area (Å²) >= 11 is 0. The van der Waals surface area contributed by atoms with E-state index in [1.54, 1.807) is 11.0 Å².